The standard InChI is InChI=1S/C20H20N2O5/c23-16-8-7-14(21-10-12-3-1-5-17(24)19(12)26)9-15(16)22-11-13-4-2-6-18(25)20(13)27/h1-9,21-27H,10-11H2. The normalized spacial score (nSPS) is 10.5. The average Bonchev–Trinajstić information content (AvgIpc) is 2.66. The Kier molecular flexibility index (Phi) is 5.12. The number of nitrogens with one attached hydrogen (secondary N) is 2. The minimum absolute atomic E-state index is 0.0281. The van der Waals surface area contributed by atoms with Gasteiger partial charge in [-0.1, -0.05) is 24.3 Å². The van der Waals surface area contributed by atoms with E-state index in [0.717, 1.165) is 0 Å². The molecule has 0 unspecified atom stereocenters. The van der Waals surface area contributed by atoms with E-state index in [1.54, 1.807) is 36.4 Å². The lowest BCUT2D eigenvalue weighted by Gasteiger charge is -2.13. The van der Waals surface area contributed by atoms with Crippen molar-refractivity contribution in [1.82, 2.24) is 0 Å². The summed E-state index contributed by atoms with van der Waals surface area (Å²) in [6, 6.07) is 14.2. The third-order valence-electron chi connectivity index (χ3n) is 4.15. The first-order valence-electron chi connectivity index (χ1n) is 8.26. The summed E-state index contributed by atoms with van der Waals surface area (Å²) in [4.78, 5) is 0. The Hall–Kier alpha value is -3.74. The molecule has 3 aromatic rings. The van der Waals surface area contributed by atoms with Crippen molar-refractivity contribution in [1.29, 1.82) is 0 Å². The Labute approximate surface area is 155 Å². The number of aromatic hydroxyl groups is 5. The van der Waals surface area contributed by atoms with E-state index < -0.39 is 0 Å². The van der Waals surface area contributed by atoms with Gasteiger partial charge in [0.1, 0.15) is 5.75 Å². The van der Waals surface area contributed by atoms with Crippen molar-refractivity contribution < 1.29 is 25.5 Å². The van der Waals surface area contributed by atoms with Crippen LogP contribution >= 0.6 is 0 Å². The van der Waals surface area contributed by atoms with E-state index in [9.17, 15) is 25.5 Å². The molecular weight excluding hydrogens is 348 g/mol. The van der Waals surface area contributed by atoms with E-state index in [1.807, 2.05) is 0 Å². The fraction of sp³-hybridized carbons (Fsp3) is 0.100. The van der Waals surface area contributed by atoms with Crippen LogP contribution in [0.2, 0.25) is 0 Å². The fourth-order valence-electron chi connectivity index (χ4n) is 2.62. The van der Waals surface area contributed by atoms with E-state index in [2.05, 4.69) is 10.6 Å². The number of phenols is 5. The molecule has 0 spiro atoms. The Morgan fingerprint density at radius 1 is 0.593 bits per heavy atom. The van der Waals surface area contributed by atoms with Crippen molar-refractivity contribution in [2.24, 2.45) is 0 Å². The lowest BCUT2D eigenvalue weighted by atomic mass is 10.1. The molecule has 7 heteroatoms. The third kappa shape index (κ3) is 4.09. The highest BCUT2D eigenvalue weighted by Crippen LogP contribution is 2.32. The van der Waals surface area contributed by atoms with Gasteiger partial charge in [-0.2, -0.15) is 0 Å². The van der Waals surface area contributed by atoms with Gasteiger partial charge in [-0.25, -0.2) is 0 Å². The molecule has 0 bridgehead atoms. The molecule has 140 valence electrons. The molecular formula is C20H20N2O5. The summed E-state index contributed by atoms with van der Waals surface area (Å²) < 4.78 is 0. The van der Waals surface area contributed by atoms with Crippen LogP contribution in [0.3, 0.4) is 0 Å². The molecule has 0 heterocycles. The molecule has 0 aliphatic heterocycles. The molecule has 0 aromatic heterocycles. The smallest absolute Gasteiger partial charge is 0.162 e. The van der Waals surface area contributed by atoms with Crippen molar-refractivity contribution in [2.45, 2.75) is 13.1 Å². The van der Waals surface area contributed by atoms with Gasteiger partial charge < -0.3 is 36.2 Å². The van der Waals surface area contributed by atoms with Crippen molar-refractivity contribution in [3.8, 4) is 28.7 Å². The SMILES string of the molecule is Oc1ccc(NCc2cccc(O)c2O)cc1NCc1cccc(O)c1O. The van der Waals surface area contributed by atoms with Gasteiger partial charge in [0.25, 0.3) is 0 Å². The molecule has 0 aliphatic carbocycles. The van der Waals surface area contributed by atoms with Crippen LogP contribution in [0.4, 0.5) is 11.4 Å². The molecule has 0 aliphatic rings. The molecule has 0 saturated heterocycles. The van der Waals surface area contributed by atoms with E-state index in [1.165, 1.54) is 18.2 Å². The molecule has 0 saturated carbocycles. The first kappa shape index (κ1) is 18.1. The van der Waals surface area contributed by atoms with Gasteiger partial charge in [-0.3, -0.25) is 0 Å². The second kappa shape index (κ2) is 7.65. The van der Waals surface area contributed by atoms with E-state index in [0.29, 0.717) is 22.5 Å². The first-order valence-corrected chi connectivity index (χ1v) is 8.26. The van der Waals surface area contributed by atoms with Crippen LogP contribution in [-0.4, -0.2) is 25.5 Å². The summed E-state index contributed by atoms with van der Waals surface area (Å²) >= 11 is 0. The second-order valence-corrected chi connectivity index (χ2v) is 6.01. The first-order chi connectivity index (χ1) is 13.0. The topological polar surface area (TPSA) is 125 Å². The minimum atomic E-state index is -0.210. The van der Waals surface area contributed by atoms with Crippen LogP contribution in [0.5, 0.6) is 28.7 Å². The molecule has 0 amide bonds. The van der Waals surface area contributed by atoms with E-state index in [-0.39, 0.29) is 41.8 Å². The lowest BCUT2D eigenvalue weighted by molar-refractivity contribution is 0.400. The zero-order valence-electron chi connectivity index (χ0n) is 14.3. The summed E-state index contributed by atoms with van der Waals surface area (Å²) in [5.74, 6) is -0.756. The van der Waals surface area contributed by atoms with E-state index in [4.69, 9.17) is 0 Å². The molecule has 7 nitrogen and oxygen atoms in total. The highest BCUT2D eigenvalue weighted by atomic mass is 16.3. The average molecular weight is 368 g/mol. The number of rotatable bonds is 6. The summed E-state index contributed by atoms with van der Waals surface area (Å²) in [5, 5.41) is 54.9. The van der Waals surface area contributed by atoms with Gasteiger partial charge in [0.05, 0.1) is 5.69 Å². The monoisotopic (exact) mass is 368 g/mol. The molecule has 3 aromatic carbocycles. The van der Waals surface area contributed by atoms with Crippen molar-refractivity contribution in [2.75, 3.05) is 10.6 Å². The van der Waals surface area contributed by atoms with Crippen LogP contribution in [0.1, 0.15) is 11.1 Å². The predicted octanol–water partition coefficient (Wildman–Crippen LogP) is 3.44. The second-order valence-electron chi connectivity index (χ2n) is 6.01. The zero-order chi connectivity index (χ0) is 19.4. The number of benzene rings is 3. The molecule has 0 atom stereocenters. The van der Waals surface area contributed by atoms with Crippen LogP contribution < -0.4 is 10.6 Å². The van der Waals surface area contributed by atoms with Gasteiger partial charge in [-0.05, 0) is 30.3 Å². The van der Waals surface area contributed by atoms with Gasteiger partial charge in [0.2, 0.25) is 0 Å². The van der Waals surface area contributed by atoms with Gasteiger partial charge in [-0.15, -0.1) is 0 Å². The number of para-hydroxylation sites is 2. The zero-order valence-corrected chi connectivity index (χ0v) is 14.3. The van der Waals surface area contributed by atoms with Crippen LogP contribution in [0.25, 0.3) is 0 Å². The number of hydrogen-bond acceptors (Lipinski definition) is 7. The minimum Gasteiger partial charge on any atom is -0.506 e. The Bertz CT molecular complexity index is 959. The Morgan fingerprint density at radius 3 is 1.74 bits per heavy atom. The molecule has 3 rings (SSSR count). The van der Waals surface area contributed by atoms with E-state index >= 15 is 0 Å². The summed E-state index contributed by atoms with van der Waals surface area (Å²) in [6.45, 7) is 0.475. The van der Waals surface area contributed by atoms with Gasteiger partial charge in [0, 0.05) is 29.9 Å². The van der Waals surface area contributed by atoms with Gasteiger partial charge in [0.15, 0.2) is 23.0 Å². The van der Waals surface area contributed by atoms with Crippen LogP contribution in [0.15, 0.2) is 54.6 Å². The maximum Gasteiger partial charge on any atom is 0.162 e. The fourth-order valence-corrected chi connectivity index (χ4v) is 2.62. The van der Waals surface area contributed by atoms with Crippen molar-refractivity contribution in [3.05, 3.63) is 65.7 Å². The molecule has 0 radical (unpaired) electrons. The maximum absolute atomic E-state index is 10.0. The summed E-state index contributed by atoms with van der Waals surface area (Å²) in [5.41, 5.74) is 2.13. The van der Waals surface area contributed by atoms with Crippen molar-refractivity contribution in [3.63, 3.8) is 0 Å². The number of phenolic OH excluding ortho intramolecular Hbond substituents is 5. The number of hydrogen-bond donors (Lipinski definition) is 7. The Balaban J connectivity index is 1.70. The van der Waals surface area contributed by atoms with Gasteiger partial charge >= 0.3 is 0 Å². The predicted molar refractivity (Wildman–Crippen MR) is 102 cm³/mol. The maximum atomic E-state index is 10.0. The molecule has 0 fully saturated rings. The van der Waals surface area contributed by atoms with Crippen molar-refractivity contribution >= 4 is 11.4 Å². The lowest BCUT2D eigenvalue weighted by Crippen LogP contribution is -2.03. The highest BCUT2D eigenvalue weighted by molar-refractivity contribution is 5.65. The van der Waals surface area contributed by atoms with Crippen LogP contribution in [-0.2, 0) is 13.1 Å². The summed E-state index contributed by atoms with van der Waals surface area (Å²) in [7, 11) is 0. The third-order valence-corrected chi connectivity index (χ3v) is 4.15. The molecule has 7 N–H and O–H groups in total. The molecule has 27 heavy (non-hydrogen) atoms. The summed E-state index contributed by atoms with van der Waals surface area (Å²) in [6.07, 6.45) is 0. The number of anilines is 2. The van der Waals surface area contributed by atoms with Crippen LogP contribution in [0, 0.1) is 0 Å². The highest BCUT2D eigenvalue weighted by Gasteiger charge is 2.09. The quantitative estimate of drug-likeness (QED) is 0.262. The largest absolute Gasteiger partial charge is 0.506 e. The Morgan fingerprint density at radius 2 is 1.15 bits per heavy atom.